The lowest BCUT2D eigenvalue weighted by Gasteiger charge is -2.18. The molecule has 1 fully saturated rings. The molecule has 0 amide bonds. The molecule has 5 heteroatoms. The fraction of sp³-hybridized carbons (Fsp3) is 0.500. The SMILES string of the molecule is COc1cc2c(c(C3(CN)CC3)c1F)OCO2. The predicted molar refractivity (Wildman–Crippen MR) is 59.0 cm³/mol. The summed E-state index contributed by atoms with van der Waals surface area (Å²) in [6.45, 7) is 0.530. The van der Waals surface area contributed by atoms with Crippen molar-refractivity contribution in [1.82, 2.24) is 0 Å². The fourth-order valence-corrected chi connectivity index (χ4v) is 2.33. The molecule has 3 rings (SSSR count). The van der Waals surface area contributed by atoms with Crippen molar-refractivity contribution in [3.8, 4) is 17.2 Å². The summed E-state index contributed by atoms with van der Waals surface area (Å²) >= 11 is 0. The van der Waals surface area contributed by atoms with E-state index in [1.807, 2.05) is 0 Å². The maximum atomic E-state index is 14.3. The van der Waals surface area contributed by atoms with Crippen LogP contribution in [0.1, 0.15) is 18.4 Å². The number of halogens is 1. The standard InChI is InChI=1S/C12H14FNO3/c1-15-7-4-8-11(17-6-16-8)9(10(7)13)12(5-14)2-3-12/h4H,2-3,5-6,14H2,1H3. The Morgan fingerprint density at radius 3 is 2.82 bits per heavy atom. The van der Waals surface area contributed by atoms with Crippen molar-refractivity contribution in [3.63, 3.8) is 0 Å². The zero-order valence-corrected chi connectivity index (χ0v) is 9.59. The van der Waals surface area contributed by atoms with Crippen LogP contribution in [0.4, 0.5) is 4.39 Å². The molecule has 1 aliphatic carbocycles. The van der Waals surface area contributed by atoms with E-state index in [-0.39, 0.29) is 23.8 Å². The van der Waals surface area contributed by atoms with Gasteiger partial charge in [0.05, 0.1) is 7.11 Å². The summed E-state index contributed by atoms with van der Waals surface area (Å²) in [6.07, 6.45) is 1.76. The van der Waals surface area contributed by atoms with Crippen LogP contribution >= 0.6 is 0 Å². The van der Waals surface area contributed by atoms with Crippen LogP contribution in [0, 0.1) is 5.82 Å². The zero-order valence-electron chi connectivity index (χ0n) is 9.59. The van der Waals surface area contributed by atoms with Crippen LogP contribution in [-0.2, 0) is 5.41 Å². The first-order valence-electron chi connectivity index (χ1n) is 5.58. The second-order valence-electron chi connectivity index (χ2n) is 4.49. The summed E-state index contributed by atoms with van der Waals surface area (Å²) < 4.78 is 30.0. The Balaban J connectivity index is 2.21. The first-order valence-corrected chi connectivity index (χ1v) is 5.58. The average Bonchev–Trinajstić information content (AvgIpc) is 2.99. The van der Waals surface area contributed by atoms with E-state index in [0.29, 0.717) is 23.6 Å². The Kier molecular flexibility index (Phi) is 2.19. The van der Waals surface area contributed by atoms with Gasteiger partial charge in [0, 0.05) is 23.6 Å². The number of methoxy groups -OCH3 is 1. The van der Waals surface area contributed by atoms with Gasteiger partial charge in [-0.05, 0) is 12.8 Å². The van der Waals surface area contributed by atoms with Gasteiger partial charge in [-0.25, -0.2) is 4.39 Å². The van der Waals surface area contributed by atoms with E-state index in [4.69, 9.17) is 19.9 Å². The smallest absolute Gasteiger partial charge is 0.231 e. The third kappa shape index (κ3) is 1.38. The van der Waals surface area contributed by atoms with Crippen molar-refractivity contribution in [2.24, 2.45) is 5.73 Å². The van der Waals surface area contributed by atoms with Crippen LogP contribution in [0.3, 0.4) is 0 Å². The fourth-order valence-electron chi connectivity index (χ4n) is 2.33. The molecule has 2 N–H and O–H groups in total. The number of hydrogen-bond donors (Lipinski definition) is 1. The summed E-state index contributed by atoms with van der Waals surface area (Å²) in [7, 11) is 1.44. The van der Waals surface area contributed by atoms with E-state index in [2.05, 4.69) is 0 Å². The minimum Gasteiger partial charge on any atom is -0.494 e. The van der Waals surface area contributed by atoms with E-state index in [9.17, 15) is 4.39 Å². The van der Waals surface area contributed by atoms with Crippen molar-refractivity contribution >= 4 is 0 Å². The number of ether oxygens (including phenoxy) is 3. The second-order valence-corrected chi connectivity index (χ2v) is 4.49. The molecule has 0 aromatic heterocycles. The Labute approximate surface area is 98.5 Å². The topological polar surface area (TPSA) is 53.7 Å². The van der Waals surface area contributed by atoms with Gasteiger partial charge in [-0.3, -0.25) is 0 Å². The van der Waals surface area contributed by atoms with E-state index in [0.717, 1.165) is 12.8 Å². The summed E-state index contributed by atoms with van der Waals surface area (Å²) in [5.74, 6) is 0.841. The van der Waals surface area contributed by atoms with Gasteiger partial charge < -0.3 is 19.9 Å². The monoisotopic (exact) mass is 239 g/mol. The molecular weight excluding hydrogens is 225 g/mol. The molecule has 1 aromatic rings. The maximum Gasteiger partial charge on any atom is 0.231 e. The highest BCUT2D eigenvalue weighted by Crippen LogP contribution is 2.56. The molecule has 17 heavy (non-hydrogen) atoms. The molecule has 2 aliphatic rings. The molecular formula is C12H14FNO3. The number of fused-ring (bicyclic) bond motifs is 1. The minimum atomic E-state index is -0.375. The van der Waals surface area contributed by atoms with Crippen molar-refractivity contribution < 1.29 is 18.6 Å². The van der Waals surface area contributed by atoms with Crippen LogP contribution < -0.4 is 19.9 Å². The summed E-state index contributed by atoms with van der Waals surface area (Å²) in [5.41, 5.74) is 5.98. The molecule has 0 unspecified atom stereocenters. The predicted octanol–water partition coefficient (Wildman–Crippen LogP) is 1.55. The first-order chi connectivity index (χ1) is 8.22. The van der Waals surface area contributed by atoms with Gasteiger partial charge in [0.25, 0.3) is 0 Å². The van der Waals surface area contributed by atoms with Gasteiger partial charge in [-0.2, -0.15) is 0 Å². The van der Waals surface area contributed by atoms with E-state index in [1.54, 1.807) is 0 Å². The molecule has 1 aliphatic heterocycles. The van der Waals surface area contributed by atoms with Crippen molar-refractivity contribution in [3.05, 3.63) is 17.4 Å². The van der Waals surface area contributed by atoms with Gasteiger partial charge in [0.2, 0.25) is 6.79 Å². The van der Waals surface area contributed by atoms with E-state index >= 15 is 0 Å². The first kappa shape index (κ1) is 10.7. The summed E-state index contributed by atoms with van der Waals surface area (Å²) in [5, 5.41) is 0. The molecule has 1 saturated carbocycles. The molecule has 4 nitrogen and oxygen atoms in total. The lowest BCUT2D eigenvalue weighted by molar-refractivity contribution is 0.172. The lowest BCUT2D eigenvalue weighted by atomic mass is 9.93. The van der Waals surface area contributed by atoms with Crippen LogP contribution in [0.25, 0.3) is 0 Å². The Bertz CT molecular complexity index is 471. The van der Waals surface area contributed by atoms with Crippen molar-refractivity contribution in [2.75, 3.05) is 20.4 Å². The highest BCUT2D eigenvalue weighted by Gasteiger charge is 2.49. The third-order valence-corrected chi connectivity index (χ3v) is 3.56. The average molecular weight is 239 g/mol. The number of rotatable bonds is 3. The molecule has 0 bridgehead atoms. The van der Waals surface area contributed by atoms with Crippen molar-refractivity contribution in [1.29, 1.82) is 0 Å². The normalized spacial score (nSPS) is 19.2. The molecule has 1 aromatic carbocycles. The molecule has 0 saturated heterocycles. The van der Waals surface area contributed by atoms with Gasteiger partial charge >= 0.3 is 0 Å². The molecule has 0 spiro atoms. The highest BCUT2D eigenvalue weighted by atomic mass is 19.1. The summed E-state index contributed by atoms with van der Waals surface area (Å²) in [4.78, 5) is 0. The Hall–Kier alpha value is -1.49. The number of nitrogens with two attached hydrogens (primary N) is 1. The molecule has 0 atom stereocenters. The van der Waals surface area contributed by atoms with Gasteiger partial charge in [0.15, 0.2) is 23.1 Å². The quantitative estimate of drug-likeness (QED) is 0.869. The van der Waals surface area contributed by atoms with Crippen LogP contribution in [0.2, 0.25) is 0 Å². The third-order valence-electron chi connectivity index (χ3n) is 3.56. The minimum absolute atomic E-state index is 0.121. The van der Waals surface area contributed by atoms with Crippen molar-refractivity contribution in [2.45, 2.75) is 18.3 Å². The second kappa shape index (κ2) is 3.50. The largest absolute Gasteiger partial charge is 0.494 e. The van der Waals surface area contributed by atoms with E-state index in [1.165, 1.54) is 13.2 Å². The Morgan fingerprint density at radius 1 is 1.47 bits per heavy atom. The highest BCUT2D eigenvalue weighted by molar-refractivity contribution is 5.58. The Morgan fingerprint density at radius 2 is 2.24 bits per heavy atom. The van der Waals surface area contributed by atoms with Gasteiger partial charge in [0.1, 0.15) is 0 Å². The maximum absolute atomic E-state index is 14.3. The van der Waals surface area contributed by atoms with Gasteiger partial charge in [-0.1, -0.05) is 0 Å². The molecule has 92 valence electrons. The lowest BCUT2D eigenvalue weighted by Crippen LogP contribution is -2.22. The van der Waals surface area contributed by atoms with E-state index < -0.39 is 0 Å². The van der Waals surface area contributed by atoms with Gasteiger partial charge in [-0.15, -0.1) is 0 Å². The van der Waals surface area contributed by atoms with Crippen LogP contribution in [0.15, 0.2) is 6.07 Å². The van der Waals surface area contributed by atoms with Crippen LogP contribution in [-0.4, -0.2) is 20.4 Å². The molecule has 0 radical (unpaired) electrons. The number of benzene rings is 1. The number of hydrogen-bond acceptors (Lipinski definition) is 4. The summed E-state index contributed by atoms with van der Waals surface area (Å²) in [6, 6.07) is 1.52. The zero-order chi connectivity index (χ0) is 12.0. The van der Waals surface area contributed by atoms with Crippen LogP contribution in [0.5, 0.6) is 17.2 Å². The molecule has 1 heterocycles.